The molecule has 2 fully saturated rings. The van der Waals surface area contributed by atoms with Gasteiger partial charge in [0.25, 0.3) is 0 Å². The summed E-state index contributed by atoms with van der Waals surface area (Å²) in [5.41, 5.74) is -1.08. The van der Waals surface area contributed by atoms with Crippen molar-refractivity contribution in [3.05, 3.63) is 35.9 Å². The first-order chi connectivity index (χ1) is 18.8. The highest BCUT2D eigenvalue weighted by atomic mass is 16.6. The number of hydrogen-bond donors (Lipinski definition) is 2. The molecule has 0 spiro atoms. The van der Waals surface area contributed by atoms with E-state index in [2.05, 4.69) is 10.6 Å². The maximum Gasteiger partial charge on any atom is 0.408 e. The summed E-state index contributed by atoms with van der Waals surface area (Å²) in [5, 5.41) is 6.26. The van der Waals surface area contributed by atoms with Gasteiger partial charge in [-0.25, -0.2) is 4.79 Å². The number of methoxy groups -OCH3 is 1. The van der Waals surface area contributed by atoms with Crippen LogP contribution in [0.3, 0.4) is 0 Å². The van der Waals surface area contributed by atoms with Crippen molar-refractivity contribution in [3.63, 3.8) is 0 Å². The van der Waals surface area contributed by atoms with Gasteiger partial charge in [0.05, 0.1) is 17.6 Å². The molecule has 0 bridgehead atoms. The average Bonchev–Trinajstić information content (AvgIpc) is 3.25. The van der Waals surface area contributed by atoms with Gasteiger partial charge in [0.2, 0.25) is 0 Å². The molecule has 0 unspecified atom stereocenters. The zero-order chi connectivity index (χ0) is 29.8. The smallest absolute Gasteiger partial charge is 0.408 e. The number of fused-ring (bicyclic) bond motifs is 1. The average molecular weight is 559 g/mol. The number of Topliss-reactive ketones (excluding diaryl/α,β-unsaturated/α-hetero) is 2. The molecule has 2 heterocycles. The van der Waals surface area contributed by atoms with Crippen LogP contribution < -0.4 is 10.6 Å². The van der Waals surface area contributed by atoms with Crippen molar-refractivity contribution in [3.8, 4) is 0 Å². The van der Waals surface area contributed by atoms with Crippen LogP contribution in [0.15, 0.2) is 30.3 Å². The molecule has 2 N–H and O–H groups in total. The minimum Gasteiger partial charge on any atom is -0.458 e. The molecule has 9 atom stereocenters. The van der Waals surface area contributed by atoms with Gasteiger partial charge in [0, 0.05) is 32.0 Å². The number of rotatable bonds is 6. The summed E-state index contributed by atoms with van der Waals surface area (Å²) in [4.78, 5) is 53.6. The van der Waals surface area contributed by atoms with Gasteiger partial charge in [-0.2, -0.15) is 0 Å². The first kappa shape index (κ1) is 31.7. The molecule has 40 heavy (non-hydrogen) atoms. The van der Waals surface area contributed by atoms with Gasteiger partial charge in [-0.15, -0.1) is 0 Å². The lowest BCUT2D eigenvalue weighted by atomic mass is 9.70. The second-order valence-electron chi connectivity index (χ2n) is 12.0. The van der Waals surface area contributed by atoms with E-state index in [9.17, 15) is 19.2 Å². The van der Waals surface area contributed by atoms with Crippen molar-refractivity contribution in [1.29, 1.82) is 0 Å². The van der Waals surface area contributed by atoms with E-state index in [0.717, 1.165) is 5.56 Å². The fourth-order valence-electron chi connectivity index (χ4n) is 6.34. The molecule has 9 nitrogen and oxygen atoms in total. The fraction of sp³-hybridized carbons (Fsp3) is 0.677. The highest BCUT2D eigenvalue weighted by Crippen LogP contribution is 2.40. The zero-order valence-corrected chi connectivity index (χ0v) is 25.1. The highest BCUT2D eigenvalue weighted by molar-refractivity contribution is 6.00. The number of hydrogen-bond acceptors (Lipinski definition) is 8. The SMILES string of the molecule is CC[C@H]1OC(=O)[C@H](C)C(=O)[C@H](C)[C@@H](C)[C@](C)(OC)C[C@@H](C)C(=O)[C@H](CNCc2ccccc2)[C@H]2NC(=O)O[C@@]21C. The fourth-order valence-corrected chi connectivity index (χ4v) is 6.34. The van der Waals surface area contributed by atoms with Gasteiger partial charge < -0.3 is 24.8 Å². The second kappa shape index (κ2) is 12.8. The van der Waals surface area contributed by atoms with Crippen molar-refractivity contribution in [2.24, 2.45) is 29.6 Å². The molecule has 1 aromatic carbocycles. The molecular weight excluding hydrogens is 512 g/mol. The standard InChI is InChI=1S/C31H46N2O7/c1-9-24-31(7)27(33-29(37)40-31)23(17-32-16-22-13-11-10-12-14-22)25(34)18(2)15-30(6,38-8)21(5)19(3)26(35)20(4)28(36)39-24/h10-14,18-21,23-24,27,32H,9,15-17H2,1-8H3,(H,33,37)/t18-,19-,20-,21-,23+,24-,27-,30-,31-/m1/s1. The third kappa shape index (κ3) is 6.41. The molecule has 2 saturated heterocycles. The van der Waals surface area contributed by atoms with Gasteiger partial charge in [0.15, 0.2) is 5.60 Å². The summed E-state index contributed by atoms with van der Waals surface area (Å²) < 4.78 is 17.6. The number of benzene rings is 1. The third-order valence-corrected chi connectivity index (χ3v) is 9.38. The van der Waals surface area contributed by atoms with E-state index in [4.69, 9.17) is 14.2 Å². The van der Waals surface area contributed by atoms with Crippen LogP contribution >= 0.6 is 0 Å². The Balaban J connectivity index is 2.06. The summed E-state index contributed by atoms with van der Waals surface area (Å²) in [5.74, 6) is -3.94. The summed E-state index contributed by atoms with van der Waals surface area (Å²) in [6.45, 7) is 13.4. The molecule has 0 aromatic heterocycles. The lowest BCUT2D eigenvalue weighted by molar-refractivity contribution is -0.171. The number of amides is 1. The van der Waals surface area contributed by atoms with Gasteiger partial charge in [-0.1, -0.05) is 58.0 Å². The van der Waals surface area contributed by atoms with Crippen molar-refractivity contribution in [1.82, 2.24) is 10.6 Å². The quantitative estimate of drug-likeness (QED) is 0.396. The van der Waals surface area contributed by atoms with Crippen molar-refractivity contribution in [2.45, 2.75) is 91.2 Å². The monoisotopic (exact) mass is 558 g/mol. The summed E-state index contributed by atoms with van der Waals surface area (Å²) in [7, 11) is 1.58. The minimum absolute atomic E-state index is 0.0661. The normalized spacial score (nSPS) is 37.6. The number of cyclic esters (lactones) is 1. The molecule has 3 rings (SSSR count). The van der Waals surface area contributed by atoms with Crippen LogP contribution in [0.4, 0.5) is 4.79 Å². The minimum atomic E-state index is -1.33. The Hall–Kier alpha value is -2.78. The van der Waals surface area contributed by atoms with Crippen LogP contribution in [0.5, 0.6) is 0 Å². The summed E-state index contributed by atoms with van der Waals surface area (Å²) in [6, 6.07) is 9.07. The molecule has 2 aliphatic heterocycles. The number of ketones is 2. The molecule has 2 aliphatic rings. The van der Waals surface area contributed by atoms with Crippen LogP contribution in [0.2, 0.25) is 0 Å². The maximum atomic E-state index is 14.2. The lowest BCUT2D eigenvalue weighted by Gasteiger charge is -2.42. The maximum absolute atomic E-state index is 14.2. The van der Waals surface area contributed by atoms with Crippen LogP contribution in [0, 0.1) is 29.6 Å². The largest absolute Gasteiger partial charge is 0.458 e. The predicted octanol–water partition coefficient (Wildman–Crippen LogP) is 4.07. The Kier molecular flexibility index (Phi) is 10.2. The van der Waals surface area contributed by atoms with E-state index in [1.54, 1.807) is 27.9 Å². The van der Waals surface area contributed by atoms with Crippen molar-refractivity contribution in [2.75, 3.05) is 13.7 Å². The molecule has 0 aliphatic carbocycles. The zero-order valence-electron chi connectivity index (χ0n) is 25.1. The Morgan fingerprint density at radius 1 is 1.02 bits per heavy atom. The molecule has 1 amide bonds. The molecular formula is C31H46N2O7. The van der Waals surface area contributed by atoms with Gasteiger partial charge in [-0.05, 0) is 45.1 Å². The summed E-state index contributed by atoms with van der Waals surface area (Å²) in [6.07, 6.45) is -0.840. The number of esters is 1. The van der Waals surface area contributed by atoms with Crippen molar-refractivity contribution >= 4 is 23.6 Å². The molecule has 222 valence electrons. The first-order valence-corrected chi connectivity index (χ1v) is 14.4. The number of alkyl carbamates (subject to hydrolysis) is 1. The Morgan fingerprint density at radius 2 is 1.68 bits per heavy atom. The Labute approximate surface area is 238 Å². The van der Waals surface area contributed by atoms with E-state index >= 15 is 0 Å². The molecule has 1 aromatic rings. The van der Waals surface area contributed by atoms with E-state index in [1.165, 1.54) is 0 Å². The Morgan fingerprint density at radius 3 is 2.27 bits per heavy atom. The van der Waals surface area contributed by atoms with E-state index in [-0.39, 0.29) is 24.0 Å². The first-order valence-electron chi connectivity index (χ1n) is 14.4. The molecule has 9 heteroatoms. The van der Waals surface area contributed by atoms with E-state index in [0.29, 0.717) is 19.4 Å². The van der Waals surface area contributed by atoms with E-state index < -0.39 is 59.1 Å². The van der Waals surface area contributed by atoms with Crippen LogP contribution in [-0.2, 0) is 35.1 Å². The number of ether oxygens (including phenoxy) is 3. The lowest BCUT2D eigenvalue weighted by Crippen LogP contribution is -2.59. The van der Waals surface area contributed by atoms with Crippen molar-refractivity contribution < 1.29 is 33.4 Å². The summed E-state index contributed by atoms with van der Waals surface area (Å²) >= 11 is 0. The van der Waals surface area contributed by atoms with Crippen LogP contribution in [0.25, 0.3) is 0 Å². The molecule has 0 radical (unpaired) electrons. The third-order valence-electron chi connectivity index (χ3n) is 9.38. The van der Waals surface area contributed by atoms with Gasteiger partial charge in [-0.3, -0.25) is 14.4 Å². The second-order valence-corrected chi connectivity index (χ2v) is 12.0. The number of carbonyl (C=O) groups excluding carboxylic acids is 4. The van der Waals surface area contributed by atoms with Crippen LogP contribution in [0.1, 0.15) is 66.9 Å². The van der Waals surface area contributed by atoms with Gasteiger partial charge in [0.1, 0.15) is 23.6 Å². The topological polar surface area (TPSA) is 120 Å². The number of carbonyl (C=O) groups is 4. The number of nitrogens with one attached hydrogen (secondary N) is 2. The predicted molar refractivity (Wildman–Crippen MR) is 150 cm³/mol. The van der Waals surface area contributed by atoms with E-state index in [1.807, 2.05) is 58.0 Å². The molecule has 0 saturated carbocycles. The van der Waals surface area contributed by atoms with Crippen LogP contribution in [-0.4, -0.2) is 60.6 Å². The Bertz CT molecular complexity index is 1080. The highest BCUT2D eigenvalue weighted by Gasteiger charge is 2.57. The van der Waals surface area contributed by atoms with Gasteiger partial charge >= 0.3 is 12.1 Å².